The molecule has 2 aromatic rings. The average Bonchev–Trinajstić information content (AvgIpc) is 2.99. The molecule has 1 N–H and O–H groups in total. The summed E-state index contributed by atoms with van der Waals surface area (Å²) in [6.07, 6.45) is 0. The van der Waals surface area contributed by atoms with Crippen LogP contribution in [0.4, 0.5) is 5.13 Å². The van der Waals surface area contributed by atoms with Gasteiger partial charge in [0.05, 0.1) is 10.0 Å². The molecule has 0 saturated heterocycles. The third kappa shape index (κ3) is 4.22. The first kappa shape index (κ1) is 17.7. The first-order chi connectivity index (χ1) is 11.0. The standard InChI is InChI=1S/C15H15Cl2N3O2S/c1-3-20(4-2)14(22)12-8-23-15(18-12)19-13(21)9-5-6-10(16)11(17)7-9/h5-8H,3-4H2,1-2H3,(H,18,19,21). The summed E-state index contributed by atoms with van der Waals surface area (Å²) in [5.74, 6) is -0.513. The Labute approximate surface area is 148 Å². The summed E-state index contributed by atoms with van der Waals surface area (Å²) in [4.78, 5) is 30.2. The van der Waals surface area contributed by atoms with E-state index in [2.05, 4.69) is 10.3 Å². The number of nitrogens with one attached hydrogen (secondary N) is 1. The molecule has 0 spiro atoms. The lowest BCUT2D eigenvalue weighted by Crippen LogP contribution is -2.30. The van der Waals surface area contributed by atoms with Crippen LogP contribution >= 0.6 is 34.5 Å². The number of thiazole rings is 1. The van der Waals surface area contributed by atoms with Crippen molar-refractivity contribution in [3.63, 3.8) is 0 Å². The highest BCUT2D eigenvalue weighted by Crippen LogP contribution is 2.24. The van der Waals surface area contributed by atoms with E-state index in [4.69, 9.17) is 23.2 Å². The molecule has 1 aromatic carbocycles. The largest absolute Gasteiger partial charge is 0.338 e. The van der Waals surface area contributed by atoms with Gasteiger partial charge in [0.2, 0.25) is 0 Å². The maximum absolute atomic E-state index is 12.2. The van der Waals surface area contributed by atoms with Crippen molar-refractivity contribution in [2.75, 3.05) is 18.4 Å². The summed E-state index contributed by atoms with van der Waals surface area (Å²) < 4.78 is 0. The van der Waals surface area contributed by atoms with Crippen LogP contribution in [0.3, 0.4) is 0 Å². The zero-order valence-corrected chi connectivity index (χ0v) is 14.9. The molecule has 8 heteroatoms. The number of nitrogens with zero attached hydrogens (tertiary/aromatic N) is 2. The molecule has 2 rings (SSSR count). The fraction of sp³-hybridized carbons (Fsp3) is 0.267. The Kier molecular flexibility index (Phi) is 5.98. The molecule has 23 heavy (non-hydrogen) atoms. The normalized spacial score (nSPS) is 10.4. The number of hydrogen-bond donors (Lipinski definition) is 1. The van der Waals surface area contributed by atoms with Gasteiger partial charge in [-0.05, 0) is 32.0 Å². The van der Waals surface area contributed by atoms with Gasteiger partial charge in [0.15, 0.2) is 5.13 Å². The number of anilines is 1. The van der Waals surface area contributed by atoms with Crippen LogP contribution in [-0.2, 0) is 0 Å². The Morgan fingerprint density at radius 1 is 1.22 bits per heavy atom. The van der Waals surface area contributed by atoms with Crippen LogP contribution in [0.5, 0.6) is 0 Å². The second-order valence-corrected chi connectivity index (χ2v) is 6.27. The van der Waals surface area contributed by atoms with Crippen molar-refractivity contribution in [1.82, 2.24) is 9.88 Å². The number of carbonyl (C=O) groups is 2. The van der Waals surface area contributed by atoms with Gasteiger partial charge in [-0.25, -0.2) is 4.98 Å². The van der Waals surface area contributed by atoms with Gasteiger partial charge in [0, 0.05) is 24.0 Å². The molecule has 0 aliphatic heterocycles. The topological polar surface area (TPSA) is 62.3 Å². The highest BCUT2D eigenvalue weighted by molar-refractivity contribution is 7.14. The zero-order valence-electron chi connectivity index (χ0n) is 12.6. The Morgan fingerprint density at radius 3 is 2.52 bits per heavy atom. The van der Waals surface area contributed by atoms with Crippen LogP contribution in [0.25, 0.3) is 0 Å². The molecule has 0 fully saturated rings. The molecule has 0 saturated carbocycles. The Morgan fingerprint density at radius 2 is 1.91 bits per heavy atom. The van der Waals surface area contributed by atoms with Gasteiger partial charge in [0.25, 0.3) is 11.8 Å². The van der Waals surface area contributed by atoms with E-state index in [9.17, 15) is 9.59 Å². The van der Waals surface area contributed by atoms with Crippen molar-refractivity contribution in [3.05, 3.63) is 44.9 Å². The summed E-state index contributed by atoms with van der Waals surface area (Å²) in [5, 5.41) is 5.32. The van der Waals surface area contributed by atoms with Crippen molar-refractivity contribution in [3.8, 4) is 0 Å². The van der Waals surface area contributed by atoms with Crippen LogP contribution in [0.1, 0.15) is 34.7 Å². The van der Waals surface area contributed by atoms with Crippen molar-refractivity contribution in [1.29, 1.82) is 0 Å². The first-order valence-corrected chi connectivity index (χ1v) is 8.61. The predicted octanol–water partition coefficient (Wildman–Crippen LogP) is 4.18. The first-order valence-electron chi connectivity index (χ1n) is 6.97. The molecule has 122 valence electrons. The summed E-state index contributed by atoms with van der Waals surface area (Å²) in [7, 11) is 0. The van der Waals surface area contributed by atoms with E-state index in [-0.39, 0.29) is 11.8 Å². The lowest BCUT2D eigenvalue weighted by molar-refractivity contribution is 0.0767. The summed E-state index contributed by atoms with van der Waals surface area (Å²) in [6, 6.07) is 4.60. The van der Waals surface area contributed by atoms with Crippen LogP contribution in [-0.4, -0.2) is 34.8 Å². The lowest BCUT2D eigenvalue weighted by atomic mass is 10.2. The second kappa shape index (κ2) is 7.77. The molecular formula is C15H15Cl2N3O2S. The highest BCUT2D eigenvalue weighted by Gasteiger charge is 2.17. The summed E-state index contributed by atoms with van der Waals surface area (Å²) in [6.45, 7) is 5.02. The molecule has 0 aliphatic carbocycles. The van der Waals surface area contributed by atoms with Gasteiger partial charge in [0.1, 0.15) is 5.69 Å². The Balaban J connectivity index is 2.10. The quantitative estimate of drug-likeness (QED) is 0.856. The minimum Gasteiger partial charge on any atom is -0.338 e. The number of benzene rings is 1. The van der Waals surface area contributed by atoms with Crippen LogP contribution < -0.4 is 5.32 Å². The van der Waals surface area contributed by atoms with E-state index in [1.54, 1.807) is 22.4 Å². The Hall–Kier alpha value is -1.63. The van der Waals surface area contributed by atoms with E-state index in [0.29, 0.717) is 39.5 Å². The maximum atomic E-state index is 12.2. The fourth-order valence-corrected chi connectivity index (χ4v) is 2.89. The number of amides is 2. The molecule has 1 aromatic heterocycles. The van der Waals surface area contributed by atoms with E-state index in [0.717, 1.165) is 0 Å². The number of rotatable bonds is 5. The third-order valence-electron chi connectivity index (χ3n) is 3.18. The number of halogens is 2. The lowest BCUT2D eigenvalue weighted by Gasteiger charge is -2.16. The predicted molar refractivity (Wildman–Crippen MR) is 93.8 cm³/mol. The second-order valence-electron chi connectivity index (χ2n) is 4.60. The number of hydrogen-bond acceptors (Lipinski definition) is 4. The van der Waals surface area contributed by atoms with Crippen molar-refractivity contribution >= 4 is 51.5 Å². The summed E-state index contributed by atoms with van der Waals surface area (Å²) in [5.41, 5.74) is 0.689. The monoisotopic (exact) mass is 371 g/mol. The average molecular weight is 372 g/mol. The minimum absolute atomic E-state index is 0.152. The molecule has 0 radical (unpaired) electrons. The SMILES string of the molecule is CCN(CC)C(=O)c1csc(NC(=O)c2ccc(Cl)c(Cl)c2)n1. The van der Waals surface area contributed by atoms with Crippen molar-refractivity contribution in [2.24, 2.45) is 0 Å². The molecular weight excluding hydrogens is 357 g/mol. The minimum atomic E-state index is -0.361. The summed E-state index contributed by atoms with van der Waals surface area (Å²) >= 11 is 12.9. The number of carbonyl (C=O) groups excluding carboxylic acids is 2. The van der Waals surface area contributed by atoms with Gasteiger partial charge in [-0.2, -0.15) is 0 Å². The molecule has 2 amide bonds. The fourth-order valence-electron chi connectivity index (χ4n) is 1.91. The number of aromatic nitrogens is 1. The van der Waals surface area contributed by atoms with Gasteiger partial charge < -0.3 is 4.90 Å². The zero-order chi connectivity index (χ0) is 17.0. The van der Waals surface area contributed by atoms with Crippen molar-refractivity contribution < 1.29 is 9.59 Å². The smallest absolute Gasteiger partial charge is 0.273 e. The molecule has 0 atom stereocenters. The molecule has 0 unspecified atom stereocenters. The third-order valence-corrected chi connectivity index (χ3v) is 4.67. The van der Waals surface area contributed by atoms with E-state index in [1.807, 2.05) is 13.8 Å². The maximum Gasteiger partial charge on any atom is 0.273 e. The van der Waals surface area contributed by atoms with Crippen molar-refractivity contribution in [2.45, 2.75) is 13.8 Å². The molecule has 0 aliphatic rings. The Bertz CT molecular complexity index is 729. The molecule has 1 heterocycles. The van der Waals surface area contributed by atoms with Gasteiger partial charge in [-0.1, -0.05) is 23.2 Å². The molecule has 0 bridgehead atoms. The van der Waals surface area contributed by atoms with Crippen LogP contribution in [0, 0.1) is 0 Å². The van der Waals surface area contributed by atoms with Gasteiger partial charge >= 0.3 is 0 Å². The van der Waals surface area contributed by atoms with Crippen LogP contribution in [0.2, 0.25) is 10.0 Å². The van der Waals surface area contributed by atoms with Gasteiger partial charge in [-0.15, -0.1) is 11.3 Å². The van der Waals surface area contributed by atoms with Crippen LogP contribution in [0.15, 0.2) is 23.6 Å². The van der Waals surface area contributed by atoms with Gasteiger partial charge in [-0.3, -0.25) is 14.9 Å². The molecule has 5 nitrogen and oxygen atoms in total. The van der Waals surface area contributed by atoms with E-state index < -0.39 is 0 Å². The van der Waals surface area contributed by atoms with E-state index >= 15 is 0 Å². The van der Waals surface area contributed by atoms with E-state index in [1.165, 1.54) is 17.4 Å². The highest BCUT2D eigenvalue weighted by atomic mass is 35.5.